The van der Waals surface area contributed by atoms with Crippen molar-refractivity contribution in [2.24, 2.45) is 5.16 Å². The monoisotopic (exact) mass is 364 g/mol. The van der Waals surface area contributed by atoms with Gasteiger partial charge in [0.25, 0.3) is 5.91 Å². The van der Waals surface area contributed by atoms with Crippen LogP contribution in [0.15, 0.2) is 53.7 Å². The minimum atomic E-state index is -4.57. The summed E-state index contributed by atoms with van der Waals surface area (Å²) in [7, 11) is 1.51. The molecule has 8 heteroatoms. The van der Waals surface area contributed by atoms with Crippen molar-refractivity contribution in [3.8, 4) is 5.75 Å². The van der Waals surface area contributed by atoms with E-state index in [0.29, 0.717) is 17.0 Å². The van der Waals surface area contributed by atoms with Gasteiger partial charge in [0.2, 0.25) is 6.10 Å². The quantitative estimate of drug-likeness (QED) is 0.897. The maximum Gasteiger partial charge on any atom is 0.418 e. The number of halogens is 3. The highest BCUT2D eigenvalue weighted by Gasteiger charge is 2.35. The first-order valence-corrected chi connectivity index (χ1v) is 7.73. The first-order chi connectivity index (χ1) is 12.4. The standard InChI is InChI=1S/C18H15F3N2O3/c1-25-15-9-5-2-6-11(15)14-10-16(26-23-14)17(24)22-13-8-4-3-7-12(13)18(19,20)21/h2-9,16H,10H2,1H3,(H,22,24). The molecule has 0 fully saturated rings. The first-order valence-electron chi connectivity index (χ1n) is 7.73. The molecular weight excluding hydrogens is 349 g/mol. The molecule has 5 nitrogen and oxygen atoms in total. The summed E-state index contributed by atoms with van der Waals surface area (Å²) < 4.78 is 44.3. The van der Waals surface area contributed by atoms with Crippen LogP contribution in [-0.2, 0) is 15.8 Å². The number of hydrogen-bond acceptors (Lipinski definition) is 4. The summed E-state index contributed by atoms with van der Waals surface area (Å²) in [6.07, 6.45) is -5.46. The Kier molecular flexibility index (Phi) is 4.83. The summed E-state index contributed by atoms with van der Waals surface area (Å²) in [4.78, 5) is 17.4. The molecule has 1 amide bonds. The molecule has 26 heavy (non-hydrogen) atoms. The second-order valence-corrected chi connectivity index (χ2v) is 5.57. The number of rotatable bonds is 4. The van der Waals surface area contributed by atoms with Crippen LogP contribution < -0.4 is 10.1 Å². The van der Waals surface area contributed by atoms with Gasteiger partial charge in [-0.15, -0.1) is 0 Å². The van der Waals surface area contributed by atoms with E-state index >= 15 is 0 Å². The van der Waals surface area contributed by atoms with Gasteiger partial charge in [-0.05, 0) is 24.3 Å². The highest BCUT2D eigenvalue weighted by atomic mass is 19.4. The largest absolute Gasteiger partial charge is 0.496 e. The summed E-state index contributed by atoms with van der Waals surface area (Å²) in [5, 5.41) is 6.15. The topological polar surface area (TPSA) is 59.9 Å². The van der Waals surface area contributed by atoms with Gasteiger partial charge in [-0.3, -0.25) is 4.79 Å². The van der Waals surface area contributed by atoms with Gasteiger partial charge in [0, 0.05) is 12.0 Å². The number of benzene rings is 2. The number of alkyl halides is 3. The van der Waals surface area contributed by atoms with Crippen molar-refractivity contribution < 1.29 is 27.5 Å². The lowest BCUT2D eigenvalue weighted by Crippen LogP contribution is -2.29. The molecule has 0 saturated heterocycles. The number of anilines is 1. The SMILES string of the molecule is COc1ccccc1C1=NOC(C(=O)Nc2ccccc2C(F)(F)F)C1. The van der Waals surface area contributed by atoms with E-state index in [1.165, 1.54) is 25.3 Å². The Morgan fingerprint density at radius 3 is 2.62 bits per heavy atom. The predicted molar refractivity (Wildman–Crippen MR) is 89.1 cm³/mol. The average Bonchev–Trinajstić information content (AvgIpc) is 3.11. The number of oxime groups is 1. The molecule has 2 aromatic carbocycles. The fourth-order valence-corrected chi connectivity index (χ4v) is 2.61. The van der Waals surface area contributed by atoms with Gasteiger partial charge in [-0.1, -0.05) is 29.4 Å². The molecule has 136 valence electrons. The Morgan fingerprint density at radius 1 is 1.19 bits per heavy atom. The highest BCUT2D eigenvalue weighted by Crippen LogP contribution is 2.35. The molecule has 1 atom stereocenters. The fraction of sp³-hybridized carbons (Fsp3) is 0.222. The van der Waals surface area contributed by atoms with E-state index in [4.69, 9.17) is 9.57 Å². The summed E-state index contributed by atoms with van der Waals surface area (Å²) in [6, 6.07) is 11.8. The molecule has 2 aromatic rings. The lowest BCUT2D eigenvalue weighted by Gasteiger charge is -2.15. The molecule has 0 radical (unpaired) electrons. The second-order valence-electron chi connectivity index (χ2n) is 5.57. The lowest BCUT2D eigenvalue weighted by atomic mass is 10.0. The van der Waals surface area contributed by atoms with Crippen LogP contribution >= 0.6 is 0 Å². The molecule has 1 unspecified atom stereocenters. The van der Waals surface area contributed by atoms with Gasteiger partial charge in [0.1, 0.15) is 5.75 Å². The Balaban J connectivity index is 1.72. The van der Waals surface area contributed by atoms with Crippen molar-refractivity contribution >= 4 is 17.3 Å². The van der Waals surface area contributed by atoms with Crippen LogP contribution in [-0.4, -0.2) is 24.8 Å². The molecule has 0 spiro atoms. The summed E-state index contributed by atoms with van der Waals surface area (Å²) in [5.74, 6) is -0.131. The molecule has 1 aliphatic rings. The maximum atomic E-state index is 13.0. The van der Waals surface area contributed by atoms with E-state index in [9.17, 15) is 18.0 Å². The second kappa shape index (κ2) is 7.07. The van der Waals surface area contributed by atoms with Crippen LogP contribution in [0.3, 0.4) is 0 Å². The minimum absolute atomic E-state index is 0.125. The molecule has 1 heterocycles. The van der Waals surface area contributed by atoms with Crippen LogP contribution in [0.2, 0.25) is 0 Å². The number of carbonyl (C=O) groups is 1. The predicted octanol–water partition coefficient (Wildman–Crippen LogP) is 3.85. The summed E-state index contributed by atoms with van der Waals surface area (Å²) >= 11 is 0. The van der Waals surface area contributed by atoms with Crippen LogP contribution in [0.25, 0.3) is 0 Å². The van der Waals surface area contributed by atoms with E-state index < -0.39 is 23.8 Å². The van der Waals surface area contributed by atoms with Gasteiger partial charge in [-0.25, -0.2) is 0 Å². The minimum Gasteiger partial charge on any atom is -0.496 e. The van der Waals surface area contributed by atoms with Gasteiger partial charge in [0.15, 0.2) is 0 Å². The number of para-hydroxylation sites is 2. The molecular formula is C18H15F3N2O3. The summed E-state index contributed by atoms with van der Waals surface area (Å²) in [6.45, 7) is 0. The van der Waals surface area contributed by atoms with Crippen LogP contribution in [0.4, 0.5) is 18.9 Å². The Bertz CT molecular complexity index is 850. The zero-order valence-electron chi connectivity index (χ0n) is 13.7. The number of nitrogens with zero attached hydrogens (tertiary/aromatic N) is 1. The normalized spacial score (nSPS) is 16.6. The zero-order valence-corrected chi connectivity index (χ0v) is 13.7. The maximum absolute atomic E-state index is 13.0. The van der Waals surface area contributed by atoms with Crippen LogP contribution in [0.5, 0.6) is 5.75 Å². The average molecular weight is 364 g/mol. The summed E-state index contributed by atoms with van der Waals surface area (Å²) in [5.41, 5.74) is -0.0794. The molecule has 0 aromatic heterocycles. The number of carbonyl (C=O) groups excluding carboxylic acids is 1. The van der Waals surface area contributed by atoms with E-state index in [1.54, 1.807) is 24.3 Å². The number of amides is 1. The third-order valence-corrected chi connectivity index (χ3v) is 3.87. The Morgan fingerprint density at radius 2 is 1.88 bits per heavy atom. The molecule has 1 aliphatic heterocycles. The van der Waals surface area contributed by atoms with Crippen molar-refractivity contribution in [3.05, 3.63) is 59.7 Å². The Hall–Kier alpha value is -3.03. The van der Waals surface area contributed by atoms with Crippen LogP contribution in [0.1, 0.15) is 17.5 Å². The van der Waals surface area contributed by atoms with Crippen molar-refractivity contribution in [2.75, 3.05) is 12.4 Å². The first kappa shape index (κ1) is 17.8. The van der Waals surface area contributed by atoms with Crippen LogP contribution in [0, 0.1) is 0 Å². The zero-order chi connectivity index (χ0) is 18.7. The number of ether oxygens (including phenoxy) is 1. The van der Waals surface area contributed by atoms with Crippen molar-refractivity contribution in [3.63, 3.8) is 0 Å². The highest BCUT2D eigenvalue weighted by molar-refractivity contribution is 6.07. The van der Waals surface area contributed by atoms with Gasteiger partial charge in [-0.2, -0.15) is 13.2 Å². The molecule has 0 aliphatic carbocycles. The number of hydrogen-bond donors (Lipinski definition) is 1. The lowest BCUT2D eigenvalue weighted by molar-refractivity contribution is -0.137. The molecule has 0 saturated carbocycles. The van der Waals surface area contributed by atoms with E-state index in [2.05, 4.69) is 10.5 Å². The number of nitrogens with one attached hydrogen (secondary N) is 1. The van der Waals surface area contributed by atoms with E-state index in [-0.39, 0.29) is 12.1 Å². The van der Waals surface area contributed by atoms with Gasteiger partial charge in [0.05, 0.1) is 24.1 Å². The smallest absolute Gasteiger partial charge is 0.418 e. The third-order valence-electron chi connectivity index (χ3n) is 3.87. The van der Waals surface area contributed by atoms with E-state index in [1.807, 2.05) is 0 Å². The van der Waals surface area contributed by atoms with Gasteiger partial charge < -0.3 is 14.9 Å². The van der Waals surface area contributed by atoms with Gasteiger partial charge >= 0.3 is 6.18 Å². The third kappa shape index (κ3) is 3.63. The van der Waals surface area contributed by atoms with Crippen molar-refractivity contribution in [1.29, 1.82) is 0 Å². The number of methoxy groups -OCH3 is 1. The van der Waals surface area contributed by atoms with Crippen molar-refractivity contribution in [1.82, 2.24) is 0 Å². The molecule has 1 N–H and O–H groups in total. The fourth-order valence-electron chi connectivity index (χ4n) is 2.61. The molecule has 0 bridgehead atoms. The molecule has 3 rings (SSSR count). The Labute approximate surface area is 147 Å². The van der Waals surface area contributed by atoms with Crippen molar-refractivity contribution in [2.45, 2.75) is 18.7 Å². The van der Waals surface area contributed by atoms with E-state index in [0.717, 1.165) is 6.07 Å².